The minimum absolute atomic E-state index is 0.101. The predicted molar refractivity (Wildman–Crippen MR) is 126 cm³/mol. The molecule has 1 aromatic carbocycles. The number of nitrogens with zero attached hydrogens (tertiary/aromatic N) is 4. The highest BCUT2D eigenvalue weighted by Crippen LogP contribution is 2.23. The second-order valence-electron chi connectivity index (χ2n) is 7.74. The molecular formula is C22H23BrFN7O. The lowest BCUT2D eigenvalue weighted by atomic mass is 10.1. The number of anilines is 4. The molecule has 32 heavy (non-hydrogen) atoms. The number of hydrogen-bond donors (Lipinski definition) is 3. The van der Waals surface area contributed by atoms with Crippen molar-refractivity contribution in [2.45, 2.75) is 25.9 Å². The van der Waals surface area contributed by atoms with Crippen LogP contribution in [0.3, 0.4) is 0 Å². The Balaban J connectivity index is 1.44. The number of rotatable bonds is 5. The first-order chi connectivity index (χ1) is 15.4. The molecule has 0 bridgehead atoms. The third-order valence-electron chi connectivity index (χ3n) is 4.93. The van der Waals surface area contributed by atoms with Gasteiger partial charge in [-0.05, 0) is 66.2 Å². The molecule has 0 unspecified atom stereocenters. The Bertz CT molecular complexity index is 1100. The molecule has 3 heterocycles. The Kier molecular flexibility index (Phi) is 6.61. The zero-order valence-electron chi connectivity index (χ0n) is 17.6. The van der Waals surface area contributed by atoms with E-state index in [0.717, 1.165) is 13.1 Å². The normalized spacial score (nSPS) is 18.3. The highest BCUT2D eigenvalue weighted by Gasteiger charge is 2.23. The van der Waals surface area contributed by atoms with Crippen LogP contribution in [-0.2, 0) is 0 Å². The van der Waals surface area contributed by atoms with E-state index in [9.17, 15) is 9.18 Å². The van der Waals surface area contributed by atoms with E-state index in [1.54, 1.807) is 42.5 Å². The molecule has 0 aliphatic carbocycles. The lowest BCUT2D eigenvalue weighted by molar-refractivity contribution is 0.102. The number of nitrogens with one attached hydrogen (secondary N) is 3. The summed E-state index contributed by atoms with van der Waals surface area (Å²) in [5, 5.41) is 9.23. The minimum Gasteiger partial charge on any atom is -0.338 e. The average molecular weight is 500 g/mol. The van der Waals surface area contributed by atoms with Crippen molar-refractivity contribution in [2.24, 2.45) is 0 Å². The maximum Gasteiger partial charge on any atom is 0.274 e. The molecule has 2 aromatic heterocycles. The lowest BCUT2D eigenvalue weighted by Gasteiger charge is -2.36. The summed E-state index contributed by atoms with van der Waals surface area (Å²) in [5.74, 6) is -0.274. The van der Waals surface area contributed by atoms with E-state index in [0.29, 0.717) is 39.7 Å². The first kappa shape index (κ1) is 22.1. The fraction of sp³-hybridized carbons (Fsp3) is 0.273. The van der Waals surface area contributed by atoms with Gasteiger partial charge in [0.1, 0.15) is 10.3 Å². The summed E-state index contributed by atoms with van der Waals surface area (Å²) in [5.41, 5.74) is 1.53. The molecule has 1 aliphatic heterocycles. The van der Waals surface area contributed by atoms with Gasteiger partial charge in [-0.3, -0.25) is 4.79 Å². The van der Waals surface area contributed by atoms with Gasteiger partial charge in [-0.25, -0.2) is 14.4 Å². The number of carbonyl (C=O) groups is 1. The van der Waals surface area contributed by atoms with Crippen LogP contribution in [-0.4, -0.2) is 46.0 Å². The third kappa shape index (κ3) is 5.38. The van der Waals surface area contributed by atoms with Gasteiger partial charge in [0, 0.05) is 36.5 Å². The fourth-order valence-corrected chi connectivity index (χ4v) is 3.94. The van der Waals surface area contributed by atoms with Crippen LogP contribution in [0.1, 0.15) is 24.3 Å². The first-order valence-corrected chi connectivity index (χ1v) is 11.0. The van der Waals surface area contributed by atoms with E-state index in [1.807, 2.05) is 4.90 Å². The highest BCUT2D eigenvalue weighted by atomic mass is 79.9. The summed E-state index contributed by atoms with van der Waals surface area (Å²) in [6.07, 6.45) is 1.18. The van der Waals surface area contributed by atoms with E-state index < -0.39 is 5.82 Å². The van der Waals surface area contributed by atoms with Gasteiger partial charge in [0.15, 0.2) is 11.6 Å². The number of benzene rings is 1. The van der Waals surface area contributed by atoms with Gasteiger partial charge < -0.3 is 20.9 Å². The molecule has 8 nitrogen and oxygen atoms in total. The SMILES string of the molecule is C[C@@H]1CN(c2ncc(F)c(Nc3ccc(NC(=O)c4cccc(Br)n4)cc3)n2)C[C@H](C)N1. The molecule has 2 atom stereocenters. The number of carbonyl (C=O) groups excluding carboxylic acids is 1. The van der Waals surface area contributed by atoms with Crippen molar-refractivity contribution in [3.63, 3.8) is 0 Å². The predicted octanol–water partition coefficient (Wildman–Crippen LogP) is 3.96. The van der Waals surface area contributed by atoms with Crippen molar-refractivity contribution in [3.8, 4) is 0 Å². The van der Waals surface area contributed by atoms with Crippen molar-refractivity contribution in [3.05, 3.63) is 64.8 Å². The van der Waals surface area contributed by atoms with Crippen LogP contribution in [0.4, 0.5) is 27.5 Å². The smallest absolute Gasteiger partial charge is 0.274 e. The standard InChI is InChI=1S/C22H23BrFN7O/c1-13-11-31(12-14(2)26-13)22-25-10-17(24)20(30-22)27-15-6-8-16(9-7-15)28-21(32)18-4-3-5-19(23)29-18/h3-10,13-14,26H,11-12H2,1-2H3,(H,28,32)(H,25,27,30)/t13-,14+. The molecule has 1 aliphatic rings. The minimum atomic E-state index is -0.539. The van der Waals surface area contributed by atoms with E-state index >= 15 is 0 Å². The monoisotopic (exact) mass is 499 g/mol. The van der Waals surface area contributed by atoms with Crippen molar-refractivity contribution in [1.82, 2.24) is 20.3 Å². The summed E-state index contributed by atoms with van der Waals surface area (Å²) in [6, 6.07) is 12.6. The van der Waals surface area contributed by atoms with Crippen LogP contribution in [0, 0.1) is 5.82 Å². The molecule has 166 valence electrons. The number of piperazine rings is 1. The molecule has 0 spiro atoms. The van der Waals surface area contributed by atoms with E-state index in [1.165, 1.54) is 6.20 Å². The maximum atomic E-state index is 14.4. The molecule has 3 N–H and O–H groups in total. The molecule has 1 saturated heterocycles. The van der Waals surface area contributed by atoms with E-state index in [-0.39, 0.29) is 11.7 Å². The van der Waals surface area contributed by atoms with Crippen LogP contribution >= 0.6 is 15.9 Å². The number of hydrogen-bond acceptors (Lipinski definition) is 7. The average Bonchev–Trinajstić information content (AvgIpc) is 2.76. The van der Waals surface area contributed by atoms with E-state index in [4.69, 9.17) is 0 Å². The molecule has 3 aromatic rings. The van der Waals surface area contributed by atoms with E-state index in [2.05, 4.69) is 60.7 Å². The Hall–Kier alpha value is -3.11. The molecule has 0 saturated carbocycles. The van der Waals surface area contributed by atoms with Crippen LogP contribution < -0.4 is 20.9 Å². The Morgan fingerprint density at radius 3 is 2.47 bits per heavy atom. The van der Waals surface area contributed by atoms with Gasteiger partial charge in [-0.2, -0.15) is 4.98 Å². The summed E-state index contributed by atoms with van der Waals surface area (Å²) >= 11 is 3.25. The first-order valence-electron chi connectivity index (χ1n) is 10.2. The Labute approximate surface area is 193 Å². The zero-order valence-corrected chi connectivity index (χ0v) is 19.2. The molecule has 10 heteroatoms. The Morgan fingerprint density at radius 2 is 1.78 bits per heavy atom. The van der Waals surface area contributed by atoms with Crippen LogP contribution in [0.25, 0.3) is 0 Å². The molecule has 4 rings (SSSR count). The van der Waals surface area contributed by atoms with Gasteiger partial charge in [-0.1, -0.05) is 6.07 Å². The summed E-state index contributed by atoms with van der Waals surface area (Å²) in [7, 11) is 0. The number of amides is 1. The second kappa shape index (κ2) is 9.58. The van der Waals surface area contributed by atoms with Crippen molar-refractivity contribution < 1.29 is 9.18 Å². The van der Waals surface area contributed by atoms with Crippen molar-refractivity contribution in [2.75, 3.05) is 28.6 Å². The maximum absolute atomic E-state index is 14.4. The van der Waals surface area contributed by atoms with Crippen LogP contribution in [0.5, 0.6) is 0 Å². The van der Waals surface area contributed by atoms with Crippen LogP contribution in [0.2, 0.25) is 0 Å². The lowest BCUT2D eigenvalue weighted by Crippen LogP contribution is -2.54. The number of aromatic nitrogens is 3. The summed E-state index contributed by atoms with van der Waals surface area (Å²) in [6.45, 7) is 5.68. The number of halogens is 2. The van der Waals surface area contributed by atoms with Crippen LogP contribution in [0.15, 0.2) is 53.3 Å². The van der Waals surface area contributed by atoms with Gasteiger partial charge >= 0.3 is 0 Å². The zero-order chi connectivity index (χ0) is 22.7. The van der Waals surface area contributed by atoms with Crippen molar-refractivity contribution >= 4 is 45.0 Å². The fourth-order valence-electron chi connectivity index (χ4n) is 3.59. The second-order valence-corrected chi connectivity index (χ2v) is 8.55. The summed E-state index contributed by atoms with van der Waals surface area (Å²) < 4.78 is 14.9. The Morgan fingerprint density at radius 1 is 1.09 bits per heavy atom. The van der Waals surface area contributed by atoms with Crippen molar-refractivity contribution in [1.29, 1.82) is 0 Å². The summed E-state index contributed by atoms with van der Waals surface area (Å²) in [4.78, 5) is 27.1. The quantitative estimate of drug-likeness (QED) is 0.457. The van der Waals surface area contributed by atoms with Gasteiger partial charge in [-0.15, -0.1) is 0 Å². The molecule has 1 fully saturated rings. The largest absolute Gasteiger partial charge is 0.338 e. The molecule has 0 radical (unpaired) electrons. The molecular weight excluding hydrogens is 477 g/mol. The van der Waals surface area contributed by atoms with Gasteiger partial charge in [0.2, 0.25) is 5.95 Å². The third-order valence-corrected chi connectivity index (χ3v) is 5.37. The molecule has 1 amide bonds. The van der Waals surface area contributed by atoms with Gasteiger partial charge in [0.25, 0.3) is 5.91 Å². The highest BCUT2D eigenvalue weighted by molar-refractivity contribution is 9.10. The number of pyridine rings is 1. The van der Waals surface area contributed by atoms with Gasteiger partial charge in [0.05, 0.1) is 6.20 Å². The topological polar surface area (TPSA) is 95.1 Å².